The van der Waals surface area contributed by atoms with Crippen molar-refractivity contribution < 1.29 is 9.90 Å². The summed E-state index contributed by atoms with van der Waals surface area (Å²) in [6.45, 7) is 3.85. The minimum absolute atomic E-state index is 0.0393. The van der Waals surface area contributed by atoms with Crippen molar-refractivity contribution in [2.45, 2.75) is 32.3 Å². The monoisotopic (exact) mass is 357 g/mol. The Morgan fingerprint density at radius 1 is 1.38 bits per heavy atom. The number of aliphatic hydroxyl groups excluding tert-OH is 1. The van der Waals surface area contributed by atoms with Crippen molar-refractivity contribution in [2.75, 3.05) is 19.6 Å². The van der Waals surface area contributed by atoms with Crippen LogP contribution < -0.4 is 5.32 Å². The van der Waals surface area contributed by atoms with Crippen LogP contribution in [0.3, 0.4) is 0 Å². The Hall–Kier alpha value is -2.41. The van der Waals surface area contributed by atoms with Crippen LogP contribution in [-0.4, -0.2) is 50.2 Å². The first kappa shape index (κ1) is 18.4. The molecule has 26 heavy (non-hydrogen) atoms. The molecule has 2 aromatic rings. The first-order chi connectivity index (χ1) is 12.5. The van der Waals surface area contributed by atoms with Crippen molar-refractivity contribution in [1.29, 1.82) is 0 Å². The highest BCUT2D eigenvalue weighted by molar-refractivity contribution is 5.74. The summed E-state index contributed by atoms with van der Waals surface area (Å²) in [5.74, 6) is 0.829. The van der Waals surface area contributed by atoms with E-state index in [2.05, 4.69) is 15.3 Å². The van der Waals surface area contributed by atoms with E-state index in [1.807, 2.05) is 47.8 Å². The van der Waals surface area contributed by atoms with Crippen molar-refractivity contribution in [3.63, 3.8) is 0 Å². The van der Waals surface area contributed by atoms with E-state index < -0.39 is 6.10 Å². The molecule has 1 atom stereocenters. The molecule has 0 spiro atoms. The molecule has 2 aromatic heterocycles. The molecule has 140 valence electrons. The number of aliphatic hydroxyl groups is 1. The molecule has 7 heteroatoms. The van der Waals surface area contributed by atoms with Gasteiger partial charge in [0, 0.05) is 56.9 Å². The number of aryl methyl sites for hydroxylation is 2. The first-order valence-corrected chi connectivity index (χ1v) is 9.15. The van der Waals surface area contributed by atoms with Gasteiger partial charge in [0.05, 0.1) is 0 Å². The van der Waals surface area contributed by atoms with Gasteiger partial charge in [-0.15, -0.1) is 0 Å². The van der Waals surface area contributed by atoms with Crippen molar-refractivity contribution in [3.05, 3.63) is 47.8 Å². The number of carbonyl (C=O) groups is 1. The number of piperidine rings is 1. The summed E-state index contributed by atoms with van der Waals surface area (Å²) < 4.78 is 1.85. The van der Waals surface area contributed by atoms with Crippen LogP contribution in [-0.2, 0) is 13.5 Å². The summed E-state index contributed by atoms with van der Waals surface area (Å²) in [7, 11) is 1.89. The molecule has 1 aliphatic rings. The molecule has 7 nitrogen and oxygen atoms in total. The van der Waals surface area contributed by atoms with E-state index in [0.29, 0.717) is 25.5 Å². The van der Waals surface area contributed by atoms with E-state index in [1.54, 1.807) is 6.20 Å². The molecule has 1 fully saturated rings. The zero-order valence-corrected chi connectivity index (χ0v) is 15.4. The summed E-state index contributed by atoms with van der Waals surface area (Å²) in [5.41, 5.74) is 1.98. The Kier molecular flexibility index (Phi) is 5.88. The highest BCUT2D eigenvalue weighted by Crippen LogP contribution is 2.29. The lowest BCUT2D eigenvalue weighted by molar-refractivity contribution is 0.0584. The van der Waals surface area contributed by atoms with Gasteiger partial charge in [-0.25, -0.2) is 9.78 Å². The Balaban J connectivity index is 1.43. The van der Waals surface area contributed by atoms with Crippen molar-refractivity contribution >= 4 is 6.03 Å². The summed E-state index contributed by atoms with van der Waals surface area (Å²) in [5, 5.41) is 13.5. The van der Waals surface area contributed by atoms with Gasteiger partial charge in [-0.1, -0.05) is 6.07 Å². The number of hydrogen-bond donors (Lipinski definition) is 2. The molecule has 0 bridgehead atoms. The quantitative estimate of drug-likeness (QED) is 0.855. The fraction of sp³-hybridized carbons (Fsp3) is 0.526. The minimum atomic E-state index is -0.576. The largest absolute Gasteiger partial charge is 0.385 e. The summed E-state index contributed by atoms with van der Waals surface area (Å²) in [4.78, 5) is 22.8. The number of carbonyl (C=O) groups excluding carboxylic acids is 1. The molecule has 0 aromatic carbocycles. The van der Waals surface area contributed by atoms with Crippen molar-refractivity contribution in [2.24, 2.45) is 13.0 Å². The highest BCUT2D eigenvalue weighted by Gasteiger charge is 2.29. The highest BCUT2D eigenvalue weighted by atomic mass is 16.3. The smallest absolute Gasteiger partial charge is 0.317 e. The Labute approximate surface area is 154 Å². The van der Waals surface area contributed by atoms with Gasteiger partial charge in [-0.05, 0) is 37.8 Å². The number of likely N-dealkylation sites (tertiary alicyclic amines) is 1. The van der Waals surface area contributed by atoms with Gasteiger partial charge in [0.1, 0.15) is 11.9 Å². The van der Waals surface area contributed by atoms with E-state index in [1.165, 1.54) is 0 Å². The third kappa shape index (κ3) is 4.40. The fourth-order valence-corrected chi connectivity index (χ4v) is 3.44. The number of hydrogen-bond acceptors (Lipinski definition) is 4. The van der Waals surface area contributed by atoms with Gasteiger partial charge >= 0.3 is 6.03 Å². The first-order valence-electron chi connectivity index (χ1n) is 9.15. The lowest BCUT2D eigenvalue weighted by Crippen LogP contribution is -2.45. The molecule has 3 heterocycles. The number of nitrogens with zero attached hydrogens (tertiary/aromatic N) is 4. The molecule has 0 aliphatic carbocycles. The zero-order chi connectivity index (χ0) is 18.5. The van der Waals surface area contributed by atoms with Crippen molar-refractivity contribution in [1.82, 2.24) is 24.8 Å². The number of aromatic nitrogens is 3. The molecule has 2 amide bonds. The average molecular weight is 357 g/mol. The Bertz CT molecular complexity index is 737. The van der Waals surface area contributed by atoms with Gasteiger partial charge < -0.3 is 19.9 Å². The molecule has 2 N–H and O–H groups in total. The van der Waals surface area contributed by atoms with Crippen LogP contribution in [0.25, 0.3) is 0 Å². The number of rotatable bonds is 5. The lowest BCUT2D eigenvalue weighted by atomic mass is 9.91. The Morgan fingerprint density at radius 3 is 2.81 bits per heavy atom. The Morgan fingerprint density at radius 2 is 2.15 bits per heavy atom. The average Bonchev–Trinajstić information content (AvgIpc) is 3.07. The summed E-state index contributed by atoms with van der Waals surface area (Å²) in [6.07, 6.45) is 5.24. The molecule has 1 aliphatic heterocycles. The van der Waals surface area contributed by atoms with Crippen molar-refractivity contribution in [3.8, 4) is 0 Å². The molecular weight excluding hydrogens is 330 g/mol. The summed E-state index contributed by atoms with van der Waals surface area (Å²) >= 11 is 0. The second kappa shape index (κ2) is 8.31. The minimum Gasteiger partial charge on any atom is -0.385 e. The number of pyridine rings is 1. The van der Waals surface area contributed by atoms with Gasteiger partial charge in [0.2, 0.25) is 0 Å². The van der Waals surface area contributed by atoms with Gasteiger partial charge in [0.25, 0.3) is 0 Å². The van der Waals surface area contributed by atoms with Crippen LogP contribution in [0.4, 0.5) is 4.79 Å². The lowest BCUT2D eigenvalue weighted by Gasteiger charge is -2.34. The third-order valence-corrected chi connectivity index (χ3v) is 5.00. The number of imidazole rings is 1. The second-order valence-corrected chi connectivity index (χ2v) is 6.92. The van der Waals surface area contributed by atoms with Gasteiger partial charge in [-0.3, -0.25) is 4.98 Å². The molecule has 1 saturated heterocycles. The zero-order valence-electron chi connectivity index (χ0n) is 15.4. The van der Waals surface area contributed by atoms with Crippen LogP contribution in [0.15, 0.2) is 30.6 Å². The molecular formula is C19H27N5O2. The maximum atomic E-state index is 12.3. The van der Waals surface area contributed by atoms with Crippen LogP contribution in [0.2, 0.25) is 0 Å². The van der Waals surface area contributed by atoms with Gasteiger partial charge in [-0.2, -0.15) is 0 Å². The number of nitrogens with one attached hydrogen (secondary N) is 1. The maximum absolute atomic E-state index is 12.3. The van der Waals surface area contributed by atoms with E-state index in [4.69, 9.17) is 0 Å². The number of amides is 2. The van der Waals surface area contributed by atoms with E-state index in [-0.39, 0.29) is 11.9 Å². The third-order valence-electron chi connectivity index (χ3n) is 5.00. The van der Waals surface area contributed by atoms with Gasteiger partial charge in [0.15, 0.2) is 0 Å². The van der Waals surface area contributed by atoms with Crippen LogP contribution in [0, 0.1) is 12.8 Å². The fourth-order valence-electron chi connectivity index (χ4n) is 3.44. The normalized spacial score (nSPS) is 16.5. The molecule has 0 radical (unpaired) electrons. The predicted octanol–water partition coefficient (Wildman–Crippen LogP) is 1.82. The summed E-state index contributed by atoms with van der Waals surface area (Å²) in [6, 6.07) is 5.88. The molecule has 3 rings (SSSR count). The van der Waals surface area contributed by atoms with Crippen LogP contribution in [0.5, 0.6) is 0 Å². The SMILES string of the molecule is Cc1cccc(CCNC(=O)N2CCC(C(O)c3nccn3C)CC2)n1. The molecule has 1 unspecified atom stereocenters. The molecule has 0 saturated carbocycles. The van der Waals surface area contributed by atoms with Crippen LogP contribution in [0.1, 0.15) is 36.2 Å². The second-order valence-electron chi connectivity index (χ2n) is 6.92. The predicted molar refractivity (Wildman–Crippen MR) is 98.5 cm³/mol. The maximum Gasteiger partial charge on any atom is 0.317 e. The standard InChI is InChI=1S/C19H27N5O2/c1-14-4-3-5-16(22-14)6-9-21-19(26)24-11-7-15(8-12-24)17(25)18-20-10-13-23(18)2/h3-5,10,13,15,17,25H,6-9,11-12H2,1-2H3,(H,21,26). The van der Waals surface area contributed by atoms with E-state index in [9.17, 15) is 9.90 Å². The van der Waals surface area contributed by atoms with E-state index >= 15 is 0 Å². The van der Waals surface area contributed by atoms with Crippen LogP contribution >= 0.6 is 0 Å². The number of urea groups is 1. The van der Waals surface area contributed by atoms with E-state index in [0.717, 1.165) is 30.7 Å². The topological polar surface area (TPSA) is 83.3 Å².